The number of benzene rings is 2. The Morgan fingerprint density at radius 3 is 1.68 bits per heavy atom. The Morgan fingerprint density at radius 2 is 1.26 bits per heavy atom. The first kappa shape index (κ1) is 11.3. The van der Waals surface area contributed by atoms with E-state index in [0.717, 1.165) is 35.5 Å². The van der Waals surface area contributed by atoms with Crippen LogP contribution in [0.15, 0.2) is 36.4 Å². The van der Waals surface area contributed by atoms with Gasteiger partial charge in [-0.05, 0) is 60.4 Å². The smallest absolute Gasteiger partial charge is 0.130 e. The standard InChI is InChI=1S/C16H10N2O/c17-9-11-1-5-15-13(7-11)3-4-14-8-12(10-18)2-6-16(14)19-15/h1-2,5-8H,3-4H2. The Bertz CT molecular complexity index is 672. The van der Waals surface area contributed by atoms with E-state index in [1.807, 2.05) is 24.3 Å². The van der Waals surface area contributed by atoms with Crippen LogP contribution in [0.1, 0.15) is 22.3 Å². The van der Waals surface area contributed by atoms with E-state index >= 15 is 0 Å². The molecule has 3 rings (SSSR count). The van der Waals surface area contributed by atoms with Gasteiger partial charge in [0.2, 0.25) is 0 Å². The van der Waals surface area contributed by atoms with E-state index in [1.54, 1.807) is 12.1 Å². The monoisotopic (exact) mass is 246 g/mol. The van der Waals surface area contributed by atoms with Gasteiger partial charge in [0.1, 0.15) is 11.5 Å². The molecular formula is C16H10N2O. The first-order valence-corrected chi connectivity index (χ1v) is 6.04. The normalized spacial score (nSPS) is 12.1. The Labute approximate surface area is 111 Å². The highest BCUT2D eigenvalue weighted by molar-refractivity contribution is 5.50. The van der Waals surface area contributed by atoms with Gasteiger partial charge in [0.25, 0.3) is 0 Å². The van der Waals surface area contributed by atoms with Crippen molar-refractivity contribution in [2.75, 3.05) is 0 Å². The maximum atomic E-state index is 8.92. The largest absolute Gasteiger partial charge is 0.457 e. The van der Waals surface area contributed by atoms with Crippen molar-refractivity contribution in [2.45, 2.75) is 12.8 Å². The molecule has 1 aliphatic rings. The SMILES string of the molecule is N#Cc1ccc2c(c1)CCc1cc(C#N)ccc1O2. The zero-order valence-electron chi connectivity index (χ0n) is 10.2. The minimum atomic E-state index is 0.644. The molecule has 0 amide bonds. The molecule has 0 aliphatic carbocycles. The van der Waals surface area contributed by atoms with Gasteiger partial charge in [-0.1, -0.05) is 0 Å². The van der Waals surface area contributed by atoms with Crippen molar-refractivity contribution in [1.82, 2.24) is 0 Å². The summed E-state index contributed by atoms with van der Waals surface area (Å²) in [5, 5.41) is 17.8. The topological polar surface area (TPSA) is 56.8 Å². The fourth-order valence-corrected chi connectivity index (χ4v) is 2.28. The van der Waals surface area contributed by atoms with E-state index in [2.05, 4.69) is 12.1 Å². The van der Waals surface area contributed by atoms with Crippen molar-refractivity contribution in [3.05, 3.63) is 58.7 Å². The van der Waals surface area contributed by atoms with Crippen LogP contribution in [0, 0.1) is 22.7 Å². The molecule has 0 fully saturated rings. The fourth-order valence-electron chi connectivity index (χ4n) is 2.28. The van der Waals surface area contributed by atoms with Gasteiger partial charge in [-0.2, -0.15) is 10.5 Å². The van der Waals surface area contributed by atoms with Crippen LogP contribution in [0.2, 0.25) is 0 Å². The highest BCUT2D eigenvalue weighted by atomic mass is 16.5. The molecule has 1 heterocycles. The highest BCUT2D eigenvalue weighted by Gasteiger charge is 2.15. The van der Waals surface area contributed by atoms with Crippen LogP contribution >= 0.6 is 0 Å². The molecule has 19 heavy (non-hydrogen) atoms. The van der Waals surface area contributed by atoms with E-state index in [-0.39, 0.29) is 0 Å². The summed E-state index contributed by atoms with van der Waals surface area (Å²) in [6.07, 6.45) is 1.62. The zero-order chi connectivity index (χ0) is 13.2. The molecular weight excluding hydrogens is 236 g/mol. The van der Waals surface area contributed by atoms with Gasteiger partial charge in [0.05, 0.1) is 23.3 Å². The van der Waals surface area contributed by atoms with Gasteiger partial charge >= 0.3 is 0 Å². The molecule has 2 aromatic carbocycles. The van der Waals surface area contributed by atoms with Crippen molar-refractivity contribution in [2.24, 2.45) is 0 Å². The highest BCUT2D eigenvalue weighted by Crippen LogP contribution is 2.34. The predicted octanol–water partition coefficient (Wildman–Crippen LogP) is 3.32. The van der Waals surface area contributed by atoms with E-state index in [0.29, 0.717) is 11.1 Å². The van der Waals surface area contributed by atoms with E-state index < -0.39 is 0 Å². The van der Waals surface area contributed by atoms with Crippen LogP contribution in [-0.2, 0) is 12.8 Å². The Balaban J connectivity index is 2.04. The lowest BCUT2D eigenvalue weighted by Gasteiger charge is -2.08. The van der Waals surface area contributed by atoms with E-state index in [1.165, 1.54) is 0 Å². The molecule has 0 saturated carbocycles. The molecule has 1 aliphatic heterocycles. The van der Waals surface area contributed by atoms with Crippen LogP contribution in [0.5, 0.6) is 11.5 Å². The third kappa shape index (κ3) is 2.03. The van der Waals surface area contributed by atoms with Crippen molar-refractivity contribution in [3.8, 4) is 23.6 Å². The molecule has 0 spiro atoms. The lowest BCUT2D eigenvalue weighted by molar-refractivity contribution is 0.479. The number of nitrogens with zero attached hydrogens (tertiary/aromatic N) is 2. The first-order chi connectivity index (χ1) is 9.30. The van der Waals surface area contributed by atoms with Gasteiger partial charge < -0.3 is 4.74 Å². The lowest BCUT2D eigenvalue weighted by atomic mass is 10.0. The number of rotatable bonds is 0. The average Bonchev–Trinajstić information content (AvgIpc) is 2.64. The maximum Gasteiger partial charge on any atom is 0.130 e. The van der Waals surface area contributed by atoms with Gasteiger partial charge in [0, 0.05) is 0 Å². The molecule has 0 saturated heterocycles. The fraction of sp³-hybridized carbons (Fsp3) is 0.125. The predicted molar refractivity (Wildman–Crippen MR) is 69.8 cm³/mol. The number of nitriles is 2. The minimum Gasteiger partial charge on any atom is -0.457 e. The molecule has 0 bridgehead atoms. The van der Waals surface area contributed by atoms with Gasteiger partial charge in [-0.15, -0.1) is 0 Å². The third-order valence-corrected chi connectivity index (χ3v) is 3.26. The lowest BCUT2D eigenvalue weighted by Crippen LogP contribution is -1.90. The van der Waals surface area contributed by atoms with Gasteiger partial charge in [0.15, 0.2) is 0 Å². The summed E-state index contributed by atoms with van der Waals surface area (Å²) >= 11 is 0. The Morgan fingerprint density at radius 1 is 0.789 bits per heavy atom. The maximum absolute atomic E-state index is 8.92. The summed E-state index contributed by atoms with van der Waals surface area (Å²) < 4.78 is 5.88. The molecule has 0 atom stereocenters. The van der Waals surface area contributed by atoms with Crippen LogP contribution in [0.4, 0.5) is 0 Å². The summed E-state index contributed by atoms with van der Waals surface area (Å²) in [5.74, 6) is 1.59. The van der Waals surface area contributed by atoms with Crippen LogP contribution in [-0.4, -0.2) is 0 Å². The second-order valence-corrected chi connectivity index (χ2v) is 4.47. The summed E-state index contributed by atoms with van der Waals surface area (Å²) in [6, 6.07) is 15.2. The second-order valence-electron chi connectivity index (χ2n) is 4.47. The Hall–Kier alpha value is -2.78. The number of fused-ring (bicyclic) bond motifs is 2. The van der Waals surface area contributed by atoms with Gasteiger partial charge in [-0.25, -0.2) is 0 Å². The molecule has 0 radical (unpaired) electrons. The molecule has 3 heteroatoms. The number of ether oxygens (including phenoxy) is 1. The van der Waals surface area contributed by atoms with Crippen molar-refractivity contribution < 1.29 is 4.74 Å². The van der Waals surface area contributed by atoms with Crippen molar-refractivity contribution in [3.63, 3.8) is 0 Å². The van der Waals surface area contributed by atoms with Crippen molar-refractivity contribution >= 4 is 0 Å². The minimum absolute atomic E-state index is 0.644. The zero-order valence-corrected chi connectivity index (χ0v) is 10.2. The summed E-state index contributed by atoms with van der Waals surface area (Å²) in [4.78, 5) is 0. The van der Waals surface area contributed by atoms with Gasteiger partial charge in [-0.3, -0.25) is 0 Å². The molecule has 0 aromatic heterocycles. The number of aryl methyl sites for hydroxylation is 2. The molecule has 0 unspecified atom stereocenters. The van der Waals surface area contributed by atoms with Crippen molar-refractivity contribution in [1.29, 1.82) is 10.5 Å². The van der Waals surface area contributed by atoms with E-state index in [4.69, 9.17) is 15.3 Å². The van der Waals surface area contributed by atoms with Crippen LogP contribution < -0.4 is 4.74 Å². The number of hydrogen-bond acceptors (Lipinski definition) is 3. The summed E-state index contributed by atoms with van der Waals surface area (Å²) in [6.45, 7) is 0. The Kier molecular flexibility index (Phi) is 2.67. The first-order valence-electron chi connectivity index (χ1n) is 6.04. The second kappa shape index (κ2) is 4.48. The van der Waals surface area contributed by atoms with E-state index in [9.17, 15) is 0 Å². The average molecular weight is 246 g/mol. The summed E-state index contributed by atoms with van der Waals surface area (Å²) in [7, 11) is 0. The third-order valence-electron chi connectivity index (χ3n) is 3.26. The molecule has 2 aromatic rings. The quantitative estimate of drug-likeness (QED) is 0.716. The van der Waals surface area contributed by atoms with Crippen LogP contribution in [0.3, 0.4) is 0 Å². The molecule has 0 N–H and O–H groups in total. The molecule has 3 nitrogen and oxygen atoms in total. The summed E-state index contributed by atoms with van der Waals surface area (Å²) in [5.41, 5.74) is 3.36. The molecule has 90 valence electrons. The number of hydrogen-bond donors (Lipinski definition) is 0. The van der Waals surface area contributed by atoms with Crippen LogP contribution in [0.25, 0.3) is 0 Å².